The Morgan fingerprint density at radius 2 is 1.90 bits per heavy atom. The minimum atomic E-state index is -3.29. The number of amides is 1. The van der Waals surface area contributed by atoms with Gasteiger partial charge in [0.1, 0.15) is 5.60 Å². The average molecular weight is 322 g/mol. The fraction of sp³-hybridized carbons (Fsp3) is 0.923. The van der Waals surface area contributed by atoms with Gasteiger partial charge in [0.2, 0.25) is 10.0 Å². The summed E-state index contributed by atoms with van der Waals surface area (Å²) in [4.78, 5) is 13.6. The Hall–Kier alpha value is -0.860. The smallest absolute Gasteiger partial charge is 0.410 e. The van der Waals surface area contributed by atoms with Crippen molar-refractivity contribution in [2.75, 3.05) is 33.5 Å². The van der Waals surface area contributed by atoms with E-state index in [1.807, 2.05) is 20.8 Å². The van der Waals surface area contributed by atoms with Crippen LogP contribution < -0.4 is 0 Å². The first-order chi connectivity index (χ1) is 9.45. The lowest BCUT2D eigenvalue weighted by Crippen LogP contribution is -2.56. The molecule has 0 spiro atoms. The fourth-order valence-electron chi connectivity index (χ4n) is 2.29. The molecule has 2 unspecified atom stereocenters. The van der Waals surface area contributed by atoms with Gasteiger partial charge >= 0.3 is 6.09 Å². The van der Waals surface area contributed by atoms with Gasteiger partial charge in [0.15, 0.2) is 0 Å². The third kappa shape index (κ3) is 5.12. The van der Waals surface area contributed by atoms with Crippen LogP contribution in [-0.2, 0) is 19.5 Å². The van der Waals surface area contributed by atoms with Gasteiger partial charge in [-0.05, 0) is 27.2 Å². The van der Waals surface area contributed by atoms with Crippen molar-refractivity contribution in [3.05, 3.63) is 0 Å². The van der Waals surface area contributed by atoms with E-state index >= 15 is 0 Å². The van der Waals surface area contributed by atoms with Crippen LogP contribution in [0.3, 0.4) is 0 Å². The molecule has 1 aliphatic heterocycles. The molecular formula is C13H26N2O5S. The van der Waals surface area contributed by atoms with Crippen molar-refractivity contribution < 1.29 is 22.7 Å². The summed E-state index contributed by atoms with van der Waals surface area (Å²) >= 11 is 0. The third-order valence-corrected chi connectivity index (χ3v) is 4.79. The predicted octanol–water partition coefficient (Wildman–Crippen LogP) is 0.902. The lowest BCUT2D eigenvalue weighted by Gasteiger charge is -2.41. The zero-order valence-corrected chi connectivity index (χ0v) is 14.4. The lowest BCUT2D eigenvalue weighted by atomic mass is 10.0. The van der Waals surface area contributed by atoms with E-state index in [4.69, 9.17) is 9.47 Å². The molecule has 0 aliphatic carbocycles. The SMILES string of the molecule is COC1CN(C(=O)OC(C)(C)C)CCC1N(C)S(C)(=O)=O. The molecule has 1 rings (SSSR count). The van der Waals surface area contributed by atoms with E-state index in [1.165, 1.54) is 24.7 Å². The minimum absolute atomic E-state index is 0.274. The molecule has 1 saturated heterocycles. The van der Waals surface area contributed by atoms with Crippen LogP contribution in [0.1, 0.15) is 27.2 Å². The van der Waals surface area contributed by atoms with Crippen LogP contribution in [0.15, 0.2) is 0 Å². The van der Waals surface area contributed by atoms with Crippen LogP contribution in [0.4, 0.5) is 4.79 Å². The Morgan fingerprint density at radius 3 is 2.33 bits per heavy atom. The molecule has 0 bridgehead atoms. The maximum atomic E-state index is 12.1. The molecule has 1 aliphatic rings. The molecule has 124 valence electrons. The summed E-state index contributed by atoms with van der Waals surface area (Å²) in [6, 6.07) is -0.274. The molecule has 21 heavy (non-hydrogen) atoms. The van der Waals surface area contributed by atoms with Crippen LogP contribution >= 0.6 is 0 Å². The van der Waals surface area contributed by atoms with E-state index in [9.17, 15) is 13.2 Å². The Bertz CT molecular complexity index is 471. The number of methoxy groups -OCH3 is 1. The second-order valence-electron chi connectivity index (χ2n) is 6.34. The number of piperidine rings is 1. The van der Waals surface area contributed by atoms with Crippen molar-refractivity contribution in [2.45, 2.75) is 44.9 Å². The van der Waals surface area contributed by atoms with E-state index in [-0.39, 0.29) is 12.1 Å². The van der Waals surface area contributed by atoms with E-state index in [0.29, 0.717) is 19.5 Å². The molecule has 0 aromatic heterocycles. The van der Waals surface area contributed by atoms with Crippen molar-refractivity contribution in [2.24, 2.45) is 0 Å². The molecule has 0 aromatic carbocycles. The van der Waals surface area contributed by atoms with E-state index in [0.717, 1.165) is 0 Å². The molecule has 1 fully saturated rings. The monoisotopic (exact) mass is 322 g/mol. The van der Waals surface area contributed by atoms with Gasteiger partial charge in [-0.25, -0.2) is 13.2 Å². The fourth-order valence-corrected chi connectivity index (χ4v) is 3.02. The predicted molar refractivity (Wildman–Crippen MR) is 79.6 cm³/mol. The number of likely N-dealkylation sites (tertiary alicyclic amines) is 1. The highest BCUT2D eigenvalue weighted by Crippen LogP contribution is 2.22. The molecular weight excluding hydrogens is 296 g/mol. The van der Waals surface area contributed by atoms with Gasteiger partial charge in [-0.3, -0.25) is 0 Å². The standard InChI is InChI=1S/C13H26N2O5S/c1-13(2,3)20-12(16)15-8-7-10(11(9-15)19-5)14(4)21(6,17)18/h10-11H,7-9H2,1-6H3. The quantitative estimate of drug-likeness (QED) is 0.772. The van der Waals surface area contributed by atoms with Crippen molar-refractivity contribution in [3.63, 3.8) is 0 Å². The number of ether oxygens (including phenoxy) is 2. The molecule has 0 radical (unpaired) electrons. The Morgan fingerprint density at radius 1 is 1.33 bits per heavy atom. The van der Waals surface area contributed by atoms with E-state index < -0.39 is 21.7 Å². The zero-order chi connectivity index (χ0) is 16.4. The summed E-state index contributed by atoms with van der Waals surface area (Å²) < 4.78 is 35.3. The van der Waals surface area contributed by atoms with Crippen molar-refractivity contribution >= 4 is 16.1 Å². The Kier molecular flexibility index (Phi) is 5.63. The van der Waals surface area contributed by atoms with Crippen LogP contribution in [0.2, 0.25) is 0 Å². The molecule has 0 aromatic rings. The van der Waals surface area contributed by atoms with Gasteiger partial charge in [0.25, 0.3) is 0 Å². The first-order valence-electron chi connectivity index (χ1n) is 6.89. The molecule has 0 N–H and O–H groups in total. The third-order valence-electron chi connectivity index (χ3n) is 3.47. The molecule has 1 heterocycles. The van der Waals surface area contributed by atoms with Gasteiger partial charge in [-0.1, -0.05) is 0 Å². The van der Waals surface area contributed by atoms with Crippen LogP contribution in [0.5, 0.6) is 0 Å². The van der Waals surface area contributed by atoms with E-state index in [1.54, 1.807) is 4.90 Å². The second-order valence-corrected chi connectivity index (χ2v) is 8.38. The van der Waals surface area contributed by atoms with Crippen LogP contribution in [-0.4, -0.2) is 75.0 Å². The lowest BCUT2D eigenvalue weighted by molar-refractivity contribution is -0.0280. The Labute approximate surface area is 127 Å². The Balaban J connectivity index is 2.76. The molecule has 8 heteroatoms. The number of hydrogen-bond donors (Lipinski definition) is 0. The highest BCUT2D eigenvalue weighted by Gasteiger charge is 2.38. The van der Waals surface area contributed by atoms with E-state index in [2.05, 4.69) is 0 Å². The van der Waals surface area contributed by atoms with Crippen molar-refractivity contribution in [3.8, 4) is 0 Å². The van der Waals surface area contributed by atoms with Crippen molar-refractivity contribution in [1.29, 1.82) is 0 Å². The topological polar surface area (TPSA) is 76.2 Å². The van der Waals surface area contributed by atoms with Gasteiger partial charge in [-0.2, -0.15) is 4.31 Å². The summed E-state index contributed by atoms with van der Waals surface area (Å²) in [5.41, 5.74) is -0.556. The first-order valence-corrected chi connectivity index (χ1v) is 8.74. The molecule has 0 saturated carbocycles. The summed E-state index contributed by atoms with van der Waals surface area (Å²) in [6.45, 7) is 6.18. The van der Waals surface area contributed by atoms with Gasteiger partial charge < -0.3 is 14.4 Å². The summed E-state index contributed by atoms with van der Waals surface area (Å²) in [7, 11) is -0.236. The number of sulfonamides is 1. The summed E-state index contributed by atoms with van der Waals surface area (Å²) in [5.74, 6) is 0. The second kappa shape index (κ2) is 6.50. The zero-order valence-electron chi connectivity index (χ0n) is 13.6. The summed E-state index contributed by atoms with van der Waals surface area (Å²) in [5, 5.41) is 0. The highest BCUT2D eigenvalue weighted by atomic mass is 32.2. The molecule has 1 amide bonds. The van der Waals surface area contributed by atoms with Gasteiger partial charge in [0, 0.05) is 20.7 Å². The largest absolute Gasteiger partial charge is 0.444 e. The normalized spacial score (nSPS) is 24.2. The van der Waals surface area contributed by atoms with Crippen LogP contribution in [0.25, 0.3) is 0 Å². The number of carbonyl (C=O) groups excluding carboxylic acids is 1. The van der Waals surface area contributed by atoms with Gasteiger partial charge in [0.05, 0.1) is 24.9 Å². The maximum absolute atomic E-state index is 12.1. The first kappa shape index (κ1) is 18.2. The number of likely N-dealkylation sites (N-methyl/N-ethyl adjacent to an activating group) is 1. The number of hydrogen-bond acceptors (Lipinski definition) is 5. The number of nitrogens with zero attached hydrogens (tertiary/aromatic N) is 2. The maximum Gasteiger partial charge on any atom is 0.410 e. The summed E-state index contributed by atoms with van der Waals surface area (Å²) in [6.07, 6.45) is 0.914. The highest BCUT2D eigenvalue weighted by molar-refractivity contribution is 7.88. The minimum Gasteiger partial charge on any atom is -0.444 e. The van der Waals surface area contributed by atoms with Crippen molar-refractivity contribution in [1.82, 2.24) is 9.21 Å². The average Bonchev–Trinajstić information content (AvgIpc) is 2.33. The van der Waals surface area contributed by atoms with Crippen LogP contribution in [0, 0.1) is 0 Å². The number of rotatable bonds is 3. The molecule has 7 nitrogen and oxygen atoms in total. The van der Waals surface area contributed by atoms with Gasteiger partial charge in [-0.15, -0.1) is 0 Å². The molecule has 2 atom stereocenters. The number of carbonyl (C=O) groups is 1.